The molecule has 1 N–H and O–H groups in total. The van der Waals surface area contributed by atoms with Gasteiger partial charge in [0, 0.05) is 43.8 Å². The summed E-state index contributed by atoms with van der Waals surface area (Å²) >= 11 is 5.88. The Kier molecular flexibility index (Phi) is 7.00. The quantitative estimate of drug-likeness (QED) is 0.550. The van der Waals surface area contributed by atoms with Crippen LogP contribution in [0.1, 0.15) is 5.56 Å². The molecule has 2 aromatic rings. The Bertz CT molecular complexity index is 871. The number of carbonyl (C=O) groups excluding carboxylic acids is 1. The summed E-state index contributed by atoms with van der Waals surface area (Å²) in [6.07, 6.45) is 0.639. The van der Waals surface area contributed by atoms with Crippen LogP contribution in [0, 0.1) is 15.9 Å². The van der Waals surface area contributed by atoms with Crippen LogP contribution < -0.4 is 10.2 Å². The highest BCUT2D eigenvalue weighted by Crippen LogP contribution is 2.31. The SMILES string of the molecule is O=C(CN1CCN(c2ccc(Cl)cc2[N+](=O)[O-])CC1)NCCc1ccc(F)cc1. The molecular weight excluding hydrogens is 399 g/mol. The van der Waals surface area contributed by atoms with Crippen molar-refractivity contribution >= 4 is 28.9 Å². The molecule has 1 amide bonds. The van der Waals surface area contributed by atoms with Gasteiger partial charge in [-0.1, -0.05) is 23.7 Å². The zero-order valence-electron chi connectivity index (χ0n) is 15.8. The third-order valence-electron chi connectivity index (χ3n) is 4.86. The van der Waals surface area contributed by atoms with Crippen LogP contribution in [0.5, 0.6) is 0 Å². The molecule has 9 heteroatoms. The van der Waals surface area contributed by atoms with Gasteiger partial charge in [-0.2, -0.15) is 0 Å². The molecule has 0 aromatic heterocycles. The van der Waals surface area contributed by atoms with Crippen molar-refractivity contribution in [2.24, 2.45) is 0 Å². The van der Waals surface area contributed by atoms with Gasteiger partial charge in [0.2, 0.25) is 5.91 Å². The van der Waals surface area contributed by atoms with Gasteiger partial charge in [0.05, 0.1) is 11.5 Å². The van der Waals surface area contributed by atoms with E-state index in [2.05, 4.69) is 5.32 Å². The topological polar surface area (TPSA) is 78.7 Å². The summed E-state index contributed by atoms with van der Waals surface area (Å²) in [5.41, 5.74) is 1.50. The van der Waals surface area contributed by atoms with Gasteiger partial charge >= 0.3 is 0 Å². The summed E-state index contributed by atoms with van der Waals surface area (Å²) in [5, 5.41) is 14.5. The van der Waals surface area contributed by atoms with Crippen LogP contribution in [-0.4, -0.2) is 55.0 Å². The molecule has 0 aliphatic carbocycles. The van der Waals surface area contributed by atoms with Crippen molar-refractivity contribution in [3.8, 4) is 0 Å². The van der Waals surface area contributed by atoms with Crippen LogP contribution in [0.2, 0.25) is 5.02 Å². The zero-order valence-corrected chi connectivity index (χ0v) is 16.6. The normalized spacial score (nSPS) is 14.6. The van der Waals surface area contributed by atoms with Crippen molar-refractivity contribution in [1.29, 1.82) is 0 Å². The van der Waals surface area contributed by atoms with E-state index in [1.807, 2.05) is 9.80 Å². The van der Waals surface area contributed by atoms with Gasteiger partial charge in [-0.15, -0.1) is 0 Å². The Balaban J connectivity index is 1.44. The third kappa shape index (κ3) is 5.88. The molecule has 1 heterocycles. The highest BCUT2D eigenvalue weighted by Gasteiger charge is 2.24. The van der Waals surface area contributed by atoms with Gasteiger partial charge in [0.15, 0.2) is 0 Å². The van der Waals surface area contributed by atoms with Crippen molar-refractivity contribution in [2.45, 2.75) is 6.42 Å². The van der Waals surface area contributed by atoms with Crippen molar-refractivity contribution in [3.63, 3.8) is 0 Å². The minimum Gasteiger partial charge on any atom is -0.363 e. The standard InChI is InChI=1S/C20H22ClFN4O3/c21-16-3-6-18(19(13-16)26(28)29)25-11-9-24(10-12-25)14-20(27)23-8-7-15-1-4-17(22)5-2-15/h1-6,13H,7-12,14H2,(H,23,27). The molecule has 3 rings (SSSR count). The van der Waals surface area contributed by atoms with Gasteiger partial charge in [-0.25, -0.2) is 4.39 Å². The molecule has 1 aliphatic heterocycles. The van der Waals surface area contributed by atoms with E-state index in [-0.39, 0.29) is 24.0 Å². The summed E-state index contributed by atoms with van der Waals surface area (Å²) in [6, 6.07) is 10.9. The molecule has 0 unspecified atom stereocenters. The molecule has 0 bridgehead atoms. The lowest BCUT2D eigenvalue weighted by molar-refractivity contribution is -0.384. The first-order valence-corrected chi connectivity index (χ1v) is 9.72. The second-order valence-corrected chi connectivity index (χ2v) is 7.32. The number of hydrogen-bond donors (Lipinski definition) is 1. The molecule has 29 heavy (non-hydrogen) atoms. The van der Waals surface area contributed by atoms with E-state index in [1.165, 1.54) is 18.2 Å². The summed E-state index contributed by atoms with van der Waals surface area (Å²) in [6.45, 7) is 3.20. The molecule has 0 spiro atoms. The summed E-state index contributed by atoms with van der Waals surface area (Å²) < 4.78 is 12.9. The number of carbonyl (C=O) groups is 1. The first kappa shape index (κ1) is 21.0. The fraction of sp³-hybridized carbons (Fsp3) is 0.350. The van der Waals surface area contributed by atoms with Crippen LogP contribution in [0.15, 0.2) is 42.5 Å². The van der Waals surface area contributed by atoms with Crippen molar-refractivity contribution in [3.05, 3.63) is 69.0 Å². The van der Waals surface area contributed by atoms with Crippen LogP contribution >= 0.6 is 11.6 Å². The Morgan fingerprint density at radius 2 is 1.83 bits per heavy atom. The minimum atomic E-state index is -0.428. The van der Waals surface area contributed by atoms with Crippen LogP contribution in [0.25, 0.3) is 0 Å². The van der Waals surface area contributed by atoms with Gasteiger partial charge in [-0.3, -0.25) is 19.8 Å². The second-order valence-electron chi connectivity index (χ2n) is 6.88. The van der Waals surface area contributed by atoms with Crippen LogP contribution in [0.3, 0.4) is 0 Å². The largest absolute Gasteiger partial charge is 0.363 e. The van der Waals surface area contributed by atoms with Gasteiger partial charge < -0.3 is 10.2 Å². The Labute approximate surface area is 173 Å². The molecule has 154 valence electrons. The van der Waals surface area contributed by atoms with E-state index < -0.39 is 4.92 Å². The fourth-order valence-corrected chi connectivity index (χ4v) is 3.48. The first-order valence-electron chi connectivity index (χ1n) is 9.35. The average Bonchev–Trinajstić information content (AvgIpc) is 2.70. The molecular formula is C20H22ClFN4O3. The second kappa shape index (κ2) is 9.67. The number of hydrogen-bond acceptors (Lipinski definition) is 5. The number of halogens is 2. The van der Waals surface area contributed by atoms with Crippen molar-refractivity contribution in [2.75, 3.05) is 44.2 Å². The Morgan fingerprint density at radius 1 is 1.14 bits per heavy atom. The van der Waals surface area contributed by atoms with E-state index in [1.54, 1.807) is 24.3 Å². The van der Waals surface area contributed by atoms with Gasteiger partial charge in [0.1, 0.15) is 11.5 Å². The lowest BCUT2D eigenvalue weighted by atomic mass is 10.1. The molecule has 0 radical (unpaired) electrons. The highest BCUT2D eigenvalue weighted by atomic mass is 35.5. The maximum atomic E-state index is 12.9. The number of benzene rings is 2. The van der Waals surface area contributed by atoms with E-state index in [4.69, 9.17) is 11.6 Å². The van der Waals surface area contributed by atoms with E-state index in [9.17, 15) is 19.3 Å². The molecule has 0 saturated carbocycles. The Morgan fingerprint density at radius 3 is 2.48 bits per heavy atom. The van der Waals surface area contributed by atoms with E-state index in [0.29, 0.717) is 49.9 Å². The first-order chi connectivity index (χ1) is 13.9. The van der Waals surface area contributed by atoms with E-state index in [0.717, 1.165) is 5.56 Å². The van der Waals surface area contributed by atoms with Crippen molar-refractivity contribution in [1.82, 2.24) is 10.2 Å². The summed E-state index contributed by atoms with van der Waals surface area (Å²) in [4.78, 5) is 27.0. The predicted molar refractivity (Wildman–Crippen MR) is 110 cm³/mol. The molecule has 1 fully saturated rings. The maximum Gasteiger partial charge on any atom is 0.294 e. The Hall–Kier alpha value is -2.71. The molecule has 7 nitrogen and oxygen atoms in total. The number of nitrogens with one attached hydrogen (secondary N) is 1. The van der Waals surface area contributed by atoms with Crippen LogP contribution in [0.4, 0.5) is 15.8 Å². The lowest BCUT2D eigenvalue weighted by Gasteiger charge is -2.35. The maximum absolute atomic E-state index is 12.9. The lowest BCUT2D eigenvalue weighted by Crippen LogP contribution is -2.49. The van der Waals surface area contributed by atoms with E-state index >= 15 is 0 Å². The number of rotatable bonds is 7. The fourth-order valence-electron chi connectivity index (χ4n) is 3.31. The van der Waals surface area contributed by atoms with Gasteiger partial charge in [-0.05, 0) is 36.2 Å². The number of nitro groups is 1. The summed E-state index contributed by atoms with van der Waals surface area (Å²) in [5.74, 6) is -0.348. The monoisotopic (exact) mass is 420 g/mol. The minimum absolute atomic E-state index is 0.00973. The number of anilines is 1. The number of piperazine rings is 1. The molecule has 1 saturated heterocycles. The number of nitro benzene ring substituents is 1. The smallest absolute Gasteiger partial charge is 0.294 e. The summed E-state index contributed by atoms with van der Waals surface area (Å²) in [7, 11) is 0. The number of amides is 1. The molecule has 0 atom stereocenters. The molecule has 2 aromatic carbocycles. The third-order valence-corrected chi connectivity index (χ3v) is 5.10. The number of nitrogens with zero attached hydrogens (tertiary/aromatic N) is 3. The van der Waals surface area contributed by atoms with Crippen LogP contribution in [-0.2, 0) is 11.2 Å². The van der Waals surface area contributed by atoms with Crippen molar-refractivity contribution < 1.29 is 14.1 Å². The predicted octanol–water partition coefficient (Wildman–Crippen LogP) is 2.87. The molecule has 1 aliphatic rings. The highest BCUT2D eigenvalue weighted by molar-refractivity contribution is 6.30. The zero-order chi connectivity index (χ0) is 20.8. The average molecular weight is 421 g/mol. The van der Waals surface area contributed by atoms with Gasteiger partial charge in [0.25, 0.3) is 5.69 Å².